The first-order valence-electron chi connectivity index (χ1n) is 8.85. The van der Waals surface area contributed by atoms with E-state index < -0.39 is 0 Å². The maximum atomic E-state index is 9.34. The molecule has 0 spiro atoms. The molecule has 1 aliphatic heterocycles. The average Bonchev–Trinajstić information content (AvgIpc) is 3.32. The zero-order chi connectivity index (χ0) is 19.5. The second kappa shape index (κ2) is 7.53. The molecule has 4 rings (SSSR count). The number of aryl methyl sites for hydroxylation is 2. The number of hydrogen-bond acceptors (Lipinski definition) is 7. The molecule has 3 aromatic rings. The minimum Gasteiger partial charge on any atom is -0.483 e. The van der Waals surface area contributed by atoms with Gasteiger partial charge in [0.2, 0.25) is 24.3 Å². The average molecular weight is 377 g/mol. The molecule has 2 heterocycles. The molecular formula is C21H19N3O4. The van der Waals surface area contributed by atoms with Crippen molar-refractivity contribution in [3.63, 3.8) is 0 Å². The fraction of sp³-hybridized carbons (Fsp3) is 0.238. The standard InChI is InChI=1S/C21H19N3O4/c1-13-4-3-5-14(2)20(13)25-11-19-24-16(9-22)21(28-19)23-10-15-6-7-17-18(8-15)27-12-26-17/h3-8,23H,10-12H2,1-2H3. The Labute approximate surface area is 162 Å². The second-order valence-electron chi connectivity index (χ2n) is 6.45. The summed E-state index contributed by atoms with van der Waals surface area (Å²) in [6.45, 7) is 4.80. The Morgan fingerprint density at radius 3 is 2.71 bits per heavy atom. The van der Waals surface area contributed by atoms with Crippen LogP contribution in [0.1, 0.15) is 28.3 Å². The fourth-order valence-corrected chi connectivity index (χ4v) is 3.02. The van der Waals surface area contributed by atoms with Gasteiger partial charge < -0.3 is 23.9 Å². The van der Waals surface area contributed by atoms with Gasteiger partial charge in [-0.1, -0.05) is 24.3 Å². The number of fused-ring (bicyclic) bond motifs is 1. The van der Waals surface area contributed by atoms with Crippen molar-refractivity contribution in [3.05, 3.63) is 64.7 Å². The maximum Gasteiger partial charge on any atom is 0.236 e. The van der Waals surface area contributed by atoms with E-state index in [1.807, 2.05) is 56.3 Å². The lowest BCUT2D eigenvalue weighted by molar-refractivity contribution is 0.174. The Morgan fingerprint density at radius 2 is 1.93 bits per heavy atom. The van der Waals surface area contributed by atoms with E-state index in [1.54, 1.807) is 0 Å². The highest BCUT2D eigenvalue weighted by Crippen LogP contribution is 2.33. The molecule has 1 aliphatic rings. The number of nitrogens with zero attached hydrogens (tertiary/aromatic N) is 2. The van der Waals surface area contributed by atoms with Gasteiger partial charge >= 0.3 is 0 Å². The molecule has 0 saturated heterocycles. The highest BCUT2D eigenvalue weighted by atomic mass is 16.7. The summed E-state index contributed by atoms with van der Waals surface area (Å²) >= 11 is 0. The van der Waals surface area contributed by atoms with E-state index in [-0.39, 0.29) is 19.1 Å². The molecule has 0 unspecified atom stereocenters. The molecule has 142 valence electrons. The van der Waals surface area contributed by atoms with Crippen LogP contribution in [-0.4, -0.2) is 11.8 Å². The van der Waals surface area contributed by atoms with E-state index in [0.717, 1.165) is 28.2 Å². The molecule has 0 fully saturated rings. The van der Waals surface area contributed by atoms with Crippen molar-refractivity contribution in [1.82, 2.24) is 4.98 Å². The molecule has 1 N–H and O–H groups in total. The van der Waals surface area contributed by atoms with Gasteiger partial charge in [0.05, 0.1) is 0 Å². The van der Waals surface area contributed by atoms with Gasteiger partial charge in [0, 0.05) is 6.54 Å². The number of benzene rings is 2. The first kappa shape index (κ1) is 17.7. The second-order valence-corrected chi connectivity index (χ2v) is 6.45. The lowest BCUT2D eigenvalue weighted by Crippen LogP contribution is -2.00. The number of anilines is 1. The minimum atomic E-state index is 0.145. The molecule has 2 aromatic carbocycles. The Hall–Kier alpha value is -3.66. The molecule has 0 bridgehead atoms. The normalized spacial score (nSPS) is 11.9. The van der Waals surface area contributed by atoms with E-state index in [0.29, 0.717) is 24.1 Å². The monoisotopic (exact) mass is 377 g/mol. The number of ether oxygens (including phenoxy) is 3. The van der Waals surface area contributed by atoms with Crippen molar-refractivity contribution in [3.8, 4) is 23.3 Å². The maximum absolute atomic E-state index is 9.34. The highest BCUT2D eigenvalue weighted by molar-refractivity contribution is 5.48. The van der Waals surface area contributed by atoms with Crippen LogP contribution in [0.15, 0.2) is 40.8 Å². The molecule has 28 heavy (non-hydrogen) atoms. The van der Waals surface area contributed by atoms with Gasteiger partial charge in [-0.15, -0.1) is 0 Å². The number of rotatable bonds is 6. The van der Waals surface area contributed by atoms with Crippen molar-refractivity contribution in [2.75, 3.05) is 12.1 Å². The molecule has 7 heteroatoms. The van der Waals surface area contributed by atoms with Crippen molar-refractivity contribution < 1.29 is 18.6 Å². The number of nitriles is 1. The van der Waals surface area contributed by atoms with Crippen LogP contribution in [0.5, 0.6) is 17.2 Å². The van der Waals surface area contributed by atoms with Gasteiger partial charge in [-0.3, -0.25) is 0 Å². The first-order valence-corrected chi connectivity index (χ1v) is 8.85. The zero-order valence-electron chi connectivity index (χ0n) is 15.6. The van der Waals surface area contributed by atoms with Crippen molar-refractivity contribution in [2.24, 2.45) is 0 Å². The van der Waals surface area contributed by atoms with E-state index in [2.05, 4.69) is 10.3 Å². The summed E-state index contributed by atoms with van der Waals surface area (Å²) in [5.41, 5.74) is 3.24. The van der Waals surface area contributed by atoms with Crippen LogP contribution < -0.4 is 19.5 Å². The van der Waals surface area contributed by atoms with Crippen molar-refractivity contribution in [1.29, 1.82) is 5.26 Å². The summed E-state index contributed by atoms with van der Waals surface area (Å²) in [4.78, 5) is 4.21. The lowest BCUT2D eigenvalue weighted by Gasteiger charge is -2.10. The van der Waals surface area contributed by atoms with Gasteiger partial charge in [0.1, 0.15) is 11.8 Å². The van der Waals surface area contributed by atoms with Crippen LogP contribution in [-0.2, 0) is 13.2 Å². The Bertz CT molecular complexity index is 1030. The van der Waals surface area contributed by atoms with E-state index >= 15 is 0 Å². The van der Waals surface area contributed by atoms with Crippen LogP contribution in [0.25, 0.3) is 0 Å². The molecule has 7 nitrogen and oxygen atoms in total. The molecular weight excluding hydrogens is 358 g/mol. The number of nitrogens with one attached hydrogen (secondary N) is 1. The third kappa shape index (κ3) is 3.58. The van der Waals surface area contributed by atoms with Crippen molar-refractivity contribution in [2.45, 2.75) is 27.0 Å². The topological polar surface area (TPSA) is 89.5 Å². The quantitative estimate of drug-likeness (QED) is 0.692. The van der Waals surface area contributed by atoms with Crippen LogP contribution in [0.2, 0.25) is 0 Å². The van der Waals surface area contributed by atoms with Gasteiger partial charge in [-0.2, -0.15) is 10.2 Å². The van der Waals surface area contributed by atoms with E-state index in [1.165, 1.54) is 0 Å². The summed E-state index contributed by atoms with van der Waals surface area (Å²) in [6, 6.07) is 13.7. The Balaban J connectivity index is 1.44. The smallest absolute Gasteiger partial charge is 0.236 e. The molecule has 0 radical (unpaired) electrons. The number of oxazole rings is 1. The predicted octanol–water partition coefficient (Wildman–Crippen LogP) is 4.08. The SMILES string of the molecule is Cc1cccc(C)c1OCc1nc(C#N)c(NCc2ccc3c(c2)OCO3)o1. The molecule has 0 saturated carbocycles. The zero-order valence-corrected chi connectivity index (χ0v) is 15.6. The van der Waals surface area contributed by atoms with Crippen LogP contribution in [0.3, 0.4) is 0 Å². The van der Waals surface area contributed by atoms with E-state index in [9.17, 15) is 5.26 Å². The molecule has 0 aliphatic carbocycles. The third-order valence-corrected chi connectivity index (χ3v) is 4.42. The molecule has 0 atom stereocenters. The number of aromatic nitrogens is 1. The summed E-state index contributed by atoms with van der Waals surface area (Å²) in [5, 5.41) is 12.4. The van der Waals surface area contributed by atoms with Gasteiger partial charge in [-0.05, 0) is 42.7 Å². The minimum absolute atomic E-state index is 0.145. The highest BCUT2D eigenvalue weighted by Gasteiger charge is 2.16. The lowest BCUT2D eigenvalue weighted by atomic mass is 10.1. The number of hydrogen-bond donors (Lipinski definition) is 1. The first-order chi connectivity index (χ1) is 13.6. The van der Waals surface area contributed by atoms with Crippen LogP contribution in [0.4, 0.5) is 5.88 Å². The van der Waals surface area contributed by atoms with Crippen molar-refractivity contribution >= 4 is 5.88 Å². The van der Waals surface area contributed by atoms with Crippen LogP contribution in [0, 0.1) is 25.2 Å². The Morgan fingerprint density at radius 1 is 1.14 bits per heavy atom. The largest absolute Gasteiger partial charge is 0.483 e. The fourth-order valence-electron chi connectivity index (χ4n) is 3.02. The van der Waals surface area contributed by atoms with Crippen LogP contribution >= 0.6 is 0 Å². The van der Waals surface area contributed by atoms with Gasteiger partial charge in [0.15, 0.2) is 18.1 Å². The molecule has 1 aromatic heterocycles. The number of para-hydroxylation sites is 1. The summed E-state index contributed by atoms with van der Waals surface area (Å²) in [5.74, 6) is 2.90. The summed E-state index contributed by atoms with van der Waals surface area (Å²) in [7, 11) is 0. The Kier molecular flexibility index (Phi) is 4.77. The molecule has 0 amide bonds. The van der Waals surface area contributed by atoms with Gasteiger partial charge in [0.25, 0.3) is 0 Å². The summed E-state index contributed by atoms with van der Waals surface area (Å²) < 4.78 is 22.2. The summed E-state index contributed by atoms with van der Waals surface area (Å²) in [6.07, 6.45) is 0. The predicted molar refractivity (Wildman–Crippen MR) is 101 cm³/mol. The van der Waals surface area contributed by atoms with E-state index in [4.69, 9.17) is 18.6 Å². The third-order valence-electron chi connectivity index (χ3n) is 4.42. The van der Waals surface area contributed by atoms with Gasteiger partial charge in [-0.25, -0.2) is 0 Å².